The maximum atomic E-state index is 13.1. The minimum Gasteiger partial charge on any atom is -0.285 e. The van der Waals surface area contributed by atoms with Crippen molar-refractivity contribution in [1.82, 2.24) is 0 Å². The Bertz CT molecular complexity index is 872. The molecule has 3 rings (SSSR count). The predicted octanol–water partition coefficient (Wildman–Crippen LogP) is 5.18. The van der Waals surface area contributed by atoms with Crippen molar-refractivity contribution >= 4 is 25.0 Å². The maximum absolute atomic E-state index is 13.1. The molecule has 0 aromatic heterocycles. The molecule has 3 aromatic rings. The van der Waals surface area contributed by atoms with E-state index in [9.17, 15) is 4.79 Å². The molecule has 0 aliphatic heterocycles. The lowest BCUT2D eigenvalue weighted by Gasteiger charge is -2.49. The number of fused-ring (bicyclic) bond motifs is 1. The molecule has 3 aromatic carbocycles. The lowest BCUT2D eigenvalue weighted by atomic mass is 10.1. The number of carbonyl (C=O) groups excluding carboxylic acids is 1. The second kappa shape index (κ2) is 6.10. The van der Waals surface area contributed by atoms with Crippen molar-refractivity contribution in [3.63, 3.8) is 0 Å². The van der Waals surface area contributed by atoms with E-state index in [-0.39, 0.29) is 0 Å². The zero-order chi connectivity index (χ0) is 17.2. The highest BCUT2D eigenvalue weighted by Crippen LogP contribution is 2.61. The van der Waals surface area contributed by atoms with Crippen LogP contribution in [0, 0.1) is 0 Å². The molecule has 2 heteroatoms. The van der Waals surface area contributed by atoms with E-state index in [0.29, 0.717) is 5.12 Å². The number of hydrogen-bond donors (Lipinski definition) is 1. The lowest BCUT2D eigenvalue weighted by Crippen LogP contribution is -2.28. The van der Waals surface area contributed by atoms with E-state index in [1.165, 1.54) is 16.3 Å². The van der Waals surface area contributed by atoms with E-state index in [0.717, 1.165) is 17.7 Å². The molecule has 0 spiro atoms. The van der Waals surface area contributed by atoms with E-state index >= 15 is 0 Å². The molecule has 0 atom stereocenters. The quantitative estimate of drug-likeness (QED) is 0.648. The van der Waals surface area contributed by atoms with Crippen LogP contribution in [0.25, 0.3) is 10.8 Å². The Morgan fingerprint density at radius 1 is 0.792 bits per heavy atom. The topological polar surface area (TPSA) is 17.1 Å². The Morgan fingerprint density at radius 2 is 1.42 bits per heavy atom. The van der Waals surface area contributed by atoms with Crippen molar-refractivity contribution in [3.8, 4) is 0 Å². The van der Waals surface area contributed by atoms with Crippen molar-refractivity contribution in [2.24, 2.45) is 0 Å². The molecule has 0 unspecified atom stereocenters. The zero-order valence-corrected chi connectivity index (χ0v) is 15.6. The van der Waals surface area contributed by atoms with Gasteiger partial charge in [-0.1, -0.05) is 72.8 Å². The van der Waals surface area contributed by atoms with Crippen molar-refractivity contribution in [2.45, 2.75) is 6.42 Å². The number of hydrogen-bond acceptors (Lipinski definition) is 1. The van der Waals surface area contributed by atoms with Crippen LogP contribution in [0.4, 0.5) is 0 Å². The number of benzene rings is 3. The third-order valence-corrected chi connectivity index (χ3v) is 8.32. The van der Waals surface area contributed by atoms with E-state index in [1.807, 2.05) is 30.3 Å². The summed E-state index contributed by atoms with van der Waals surface area (Å²) in [6, 6.07) is 24.8. The van der Waals surface area contributed by atoms with Gasteiger partial charge in [0.2, 0.25) is 0 Å². The molecular formula is C22H26OS. The van der Waals surface area contributed by atoms with Gasteiger partial charge in [-0.25, -0.2) is 9.16 Å². The smallest absolute Gasteiger partial charge is 0.187 e. The second-order valence-corrected chi connectivity index (χ2v) is 15.0. The summed E-state index contributed by atoms with van der Waals surface area (Å²) in [7, 11) is -2.42. The van der Waals surface area contributed by atoms with Crippen molar-refractivity contribution in [1.29, 1.82) is 0 Å². The van der Waals surface area contributed by atoms with E-state index in [2.05, 4.69) is 61.2 Å². The molecule has 0 heterocycles. The summed E-state index contributed by atoms with van der Waals surface area (Å²) in [5.41, 5.74) is 2.16. The Kier molecular flexibility index (Phi) is 4.27. The summed E-state index contributed by atoms with van der Waals surface area (Å²) in [4.78, 5) is 13.1. The molecule has 1 nitrogen and oxygen atoms in total. The Morgan fingerprint density at radius 3 is 2.12 bits per heavy atom. The van der Waals surface area contributed by atoms with Gasteiger partial charge in [0.05, 0.1) is 0 Å². The van der Waals surface area contributed by atoms with Crippen LogP contribution in [0.15, 0.2) is 72.8 Å². The van der Waals surface area contributed by atoms with Crippen LogP contribution in [-0.2, 0) is 6.42 Å². The van der Waals surface area contributed by atoms with Crippen LogP contribution >= 0.6 is 9.16 Å². The van der Waals surface area contributed by atoms with E-state index < -0.39 is 9.16 Å². The second-order valence-electron chi connectivity index (χ2n) is 7.95. The van der Waals surface area contributed by atoms with Crippen molar-refractivity contribution in [3.05, 3.63) is 83.9 Å². The summed E-state index contributed by atoms with van der Waals surface area (Å²) >= 11 is 0. The van der Waals surface area contributed by atoms with E-state index in [1.54, 1.807) is 0 Å². The molecule has 0 saturated heterocycles. The summed E-state index contributed by atoms with van der Waals surface area (Å²) in [6.45, 7) is 0. The van der Waals surface area contributed by atoms with Gasteiger partial charge in [-0.3, -0.25) is 4.79 Å². The van der Waals surface area contributed by atoms with Crippen LogP contribution in [0.2, 0.25) is 0 Å². The van der Waals surface area contributed by atoms with Crippen LogP contribution in [-0.4, -0.2) is 29.6 Å². The van der Waals surface area contributed by atoms with Gasteiger partial charge >= 0.3 is 0 Å². The minimum absolute atomic E-state index is 0.336. The van der Waals surface area contributed by atoms with Crippen LogP contribution in [0.5, 0.6) is 0 Å². The standard InChI is InChI=1S/C22H26OS/c1-24(2,3,22(23)20-10-5-4-6-11-20)16-15-18-13-14-19-9-7-8-12-21(19)17-18/h4-14,17,24H,15-16H2,1-3H3. The van der Waals surface area contributed by atoms with Gasteiger partial charge in [-0.05, 0) is 47.3 Å². The average Bonchev–Trinajstić information content (AvgIpc) is 2.60. The number of rotatable bonds is 4. The molecule has 0 amide bonds. The van der Waals surface area contributed by atoms with E-state index in [4.69, 9.17) is 0 Å². The molecule has 126 valence electrons. The fraction of sp³-hybridized carbons (Fsp3) is 0.227. The highest BCUT2D eigenvalue weighted by atomic mass is 32.3. The molecule has 0 aliphatic carbocycles. The minimum atomic E-state index is -2.42. The summed E-state index contributed by atoms with van der Waals surface area (Å²) in [5, 5.41) is 2.87. The van der Waals surface area contributed by atoms with Crippen molar-refractivity contribution < 1.29 is 4.79 Å². The maximum Gasteiger partial charge on any atom is 0.187 e. The van der Waals surface area contributed by atoms with Gasteiger partial charge in [0.25, 0.3) is 0 Å². The molecule has 0 fully saturated rings. The fourth-order valence-electron chi connectivity index (χ4n) is 3.08. The van der Waals surface area contributed by atoms with Gasteiger partial charge in [0.1, 0.15) is 0 Å². The Balaban J connectivity index is 1.81. The Hall–Kier alpha value is -2.06. The number of thiol groups is 1. The first-order valence-corrected chi connectivity index (χ1v) is 12.2. The zero-order valence-electron chi connectivity index (χ0n) is 14.7. The first kappa shape index (κ1) is 16.8. The number of carbonyl (C=O) groups is 1. The fourth-order valence-corrected chi connectivity index (χ4v) is 5.43. The SMILES string of the molecule is C[SH](C)(C)(CCc1ccc2ccccc2c1)C(=O)c1ccccc1. The first-order valence-electron chi connectivity index (χ1n) is 8.42. The van der Waals surface area contributed by atoms with Gasteiger partial charge < -0.3 is 0 Å². The third kappa shape index (κ3) is 3.54. The van der Waals surface area contributed by atoms with Crippen LogP contribution in [0.3, 0.4) is 0 Å². The van der Waals surface area contributed by atoms with Gasteiger partial charge in [-0.15, -0.1) is 0 Å². The lowest BCUT2D eigenvalue weighted by molar-refractivity contribution is 0.108. The van der Waals surface area contributed by atoms with Crippen molar-refractivity contribution in [2.75, 3.05) is 24.5 Å². The molecule has 0 bridgehead atoms. The van der Waals surface area contributed by atoms with Crippen LogP contribution in [0.1, 0.15) is 15.9 Å². The molecule has 0 N–H and O–H groups in total. The van der Waals surface area contributed by atoms with Gasteiger partial charge in [-0.2, -0.15) is 0 Å². The monoisotopic (exact) mass is 338 g/mol. The molecule has 24 heavy (non-hydrogen) atoms. The summed E-state index contributed by atoms with van der Waals surface area (Å²) < 4.78 is 0. The molecule has 0 saturated carbocycles. The molecule has 0 aliphatic rings. The predicted molar refractivity (Wildman–Crippen MR) is 110 cm³/mol. The van der Waals surface area contributed by atoms with Gasteiger partial charge in [0.15, 0.2) is 5.12 Å². The molecule has 0 radical (unpaired) electrons. The Labute approximate surface area is 145 Å². The highest BCUT2D eigenvalue weighted by molar-refractivity contribution is 8.59. The van der Waals surface area contributed by atoms with Crippen LogP contribution < -0.4 is 0 Å². The van der Waals surface area contributed by atoms with Gasteiger partial charge in [0, 0.05) is 5.56 Å². The highest BCUT2D eigenvalue weighted by Gasteiger charge is 2.34. The molecular weight excluding hydrogens is 312 g/mol. The normalized spacial score (nSPS) is 13.4. The summed E-state index contributed by atoms with van der Waals surface area (Å²) in [6.07, 6.45) is 7.54. The summed E-state index contributed by atoms with van der Waals surface area (Å²) in [5.74, 6) is 0.942. The number of aryl methyl sites for hydroxylation is 1. The average molecular weight is 339 g/mol. The third-order valence-electron chi connectivity index (χ3n) is 4.77. The largest absolute Gasteiger partial charge is 0.285 e. The first-order chi connectivity index (χ1) is 11.3.